The van der Waals surface area contributed by atoms with E-state index in [0.717, 1.165) is 112 Å². The highest BCUT2D eigenvalue weighted by atomic mass is 35.5. The van der Waals surface area contributed by atoms with Crippen molar-refractivity contribution in [2.75, 3.05) is 147 Å². The molecule has 1 saturated heterocycles. The second-order valence-electron chi connectivity index (χ2n) is 31.2. The van der Waals surface area contributed by atoms with Crippen LogP contribution < -0.4 is 102 Å². The van der Waals surface area contributed by atoms with Crippen molar-refractivity contribution in [3.8, 4) is 0 Å². The number of likely N-dealkylation sites (tertiary alicyclic amines) is 1. The van der Waals surface area contributed by atoms with Gasteiger partial charge in [0.05, 0.1) is 67.4 Å². The predicted octanol–water partition coefficient (Wildman–Crippen LogP) is 12.4. The number of nitrogens with two attached hydrogens (primary N) is 3. The number of thiophene rings is 10. The molecule has 0 saturated carbocycles. The number of nitrogens with zero attached hydrogens (tertiary/aromatic N) is 1. The Bertz CT molecular complexity index is 5930. The van der Waals surface area contributed by atoms with E-state index in [1.165, 1.54) is 98.8 Å². The Hall–Kier alpha value is -9.86. The summed E-state index contributed by atoms with van der Waals surface area (Å²) in [5.41, 5.74) is 22.3. The quantitative estimate of drug-likeness (QED) is 0.0161. The lowest BCUT2D eigenvalue weighted by Gasteiger charge is -2.14. The first-order valence-corrected chi connectivity index (χ1v) is 56.2. The number of nitrogens with one attached hydrogen (secondary N) is 16. The van der Waals surface area contributed by atoms with E-state index in [0.29, 0.717) is 132 Å². The van der Waals surface area contributed by atoms with Crippen molar-refractivity contribution in [3.05, 3.63) is 211 Å². The van der Waals surface area contributed by atoms with Crippen LogP contribution in [0.15, 0.2) is 53.8 Å². The molecule has 0 spiro atoms. The summed E-state index contributed by atoms with van der Waals surface area (Å²) in [6.07, 6.45) is 1.93. The van der Waals surface area contributed by atoms with Crippen molar-refractivity contribution in [1.82, 2.24) is 90.0 Å². The van der Waals surface area contributed by atoms with E-state index < -0.39 is 47.0 Å². The molecule has 0 aliphatic carbocycles. The molecule has 0 aromatic carbocycles. The lowest BCUT2D eigenvalue weighted by atomic mass is 10.3. The molecule has 10 aromatic heterocycles. The van der Waals surface area contributed by atoms with Crippen LogP contribution in [0.2, 0.25) is 35.2 Å². The van der Waals surface area contributed by atoms with Gasteiger partial charge in [0.2, 0.25) is 35.4 Å². The second kappa shape index (κ2) is 73.4. The minimum atomic E-state index is -0.660. The van der Waals surface area contributed by atoms with Crippen molar-refractivity contribution in [1.29, 1.82) is 0 Å². The van der Waals surface area contributed by atoms with Gasteiger partial charge in [-0.1, -0.05) is 81.2 Å². The summed E-state index contributed by atoms with van der Waals surface area (Å²) in [6.45, 7) is 24.8. The molecule has 1 atom stereocenters. The second-order valence-corrected chi connectivity index (χ2v) is 42.7. The molecule has 10 aromatic rings. The van der Waals surface area contributed by atoms with E-state index in [4.69, 9.17) is 98.4 Å². The third-order valence-electron chi connectivity index (χ3n) is 19.0. The molecule has 11 rings (SSSR count). The molecular weight excluding hydrogens is 2290 g/mol. The molecule has 1 aliphatic rings. The smallest absolute Gasteiger partial charge is 0.264 e. The van der Waals surface area contributed by atoms with Gasteiger partial charge in [0.25, 0.3) is 59.1 Å². The minimum Gasteiger partial charge on any atom is -0.392 e. The molecule has 1 unspecified atom stereocenters. The van der Waals surface area contributed by atoms with E-state index >= 15 is 0 Å². The number of aliphatic hydroxyl groups excluding tert-OH is 1. The Labute approximate surface area is 941 Å². The molecule has 0 radical (unpaired) electrons. The number of aryl methyl sites for hydroxylation is 10. The summed E-state index contributed by atoms with van der Waals surface area (Å²) in [5, 5.41) is 72.3. The molecule has 57 heteroatoms. The van der Waals surface area contributed by atoms with Gasteiger partial charge in [0.1, 0.15) is 66.2 Å². The number of rotatable bonds is 37. The first-order chi connectivity index (χ1) is 70.8. The van der Waals surface area contributed by atoms with Crippen LogP contribution in [-0.4, -0.2) is 258 Å². The summed E-state index contributed by atoms with van der Waals surface area (Å²) >= 11 is 54.0. The zero-order valence-corrected chi connectivity index (χ0v) is 98.0. The van der Waals surface area contributed by atoms with Gasteiger partial charge < -0.3 is 107 Å². The molecule has 11 heterocycles. The first-order valence-electron chi connectivity index (χ1n) is 44.8. The standard InChI is InChI=1S/C12H17ClN2O2S.C10H13ClN2O2S.C10H15ClN2OS.2C9H11ClN2O2S.C9H13ClN2OS.C9H11FN2O2S.C9H13FN2OS.C8H9ClN2O2S.C8H9FN2O2S/c1-8-7-18-11(10(8)13)12(17)14-3-5-15-4-2-9(16)6-15;1-6-5-16-9(8(6)11)10(15)13-4-3-7(14)12-2;1-7-6-15-9(8(7)11)10(14)13-5-3-4-12-2;1-5-4-15-8(7(5)10)9(14)12-3-6(13)11-2;1-5-4-15-8(7(5)10)9(14)12-3-2-6(11)13;1-6-5-14-8(7(6)10)9(13)12-4-3-11-2;1-5-4-15-8(7(5)10)9(14)12-3-6(13)11-2;1-6-5-14-8(7(6)10)9(13)12-4-3-11-2;2*1-4-3-14-7(6(4)9)8(13)11-2-5(10)12/h7,9,16H,2-6H2,1H3,(H,14,17);5H,3-4H2,1-2H3,(H,12,14)(H,13,15);6,12H,3-5H2,1-2H3,(H,13,14);4H,3H2,1-2H3,(H,11,13)(H,12,14);4H,2-3H2,1H3,(H2,11,13)(H,12,14);5,11H,3-4H2,1-2H3,(H,12,13);4H,3H2,1-2H3,(H,11,13)(H,12,14);5,11H,3-4H2,1-2H3,(H,12,13);2*3H,2H2,1H3,(H2,10,12)(H,11,13). The fourth-order valence-electron chi connectivity index (χ4n) is 10.6. The van der Waals surface area contributed by atoms with Crippen molar-refractivity contribution >= 4 is 289 Å². The van der Waals surface area contributed by atoms with Gasteiger partial charge in [0.15, 0.2) is 0 Å². The lowest BCUT2D eigenvalue weighted by molar-refractivity contribution is -0.121. The Morgan fingerprint density at radius 2 is 0.520 bits per heavy atom. The van der Waals surface area contributed by atoms with Crippen LogP contribution in [0.1, 0.15) is 178 Å². The van der Waals surface area contributed by atoms with Crippen LogP contribution in [0.3, 0.4) is 0 Å². The zero-order valence-electron chi connectivity index (χ0n) is 84.5. The highest BCUT2D eigenvalue weighted by Crippen LogP contribution is 2.34. The normalized spacial score (nSPS) is 11.2. The Kier molecular flexibility index (Phi) is 66.7. The third kappa shape index (κ3) is 49.5. The summed E-state index contributed by atoms with van der Waals surface area (Å²) in [7, 11) is 10.1. The fourth-order valence-corrected chi connectivity index (χ4v) is 21.5. The summed E-state index contributed by atoms with van der Waals surface area (Å²) < 4.78 is 39.7. The van der Waals surface area contributed by atoms with E-state index in [1.54, 1.807) is 56.4 Å². The number of hydrogen-bond donors (Lipinski definition) is 20. The topological polar surface area (TPSA) is 567 Å². The average Bonchev–Trinajstić information content (AvgIpc) is 1.80. The van der Waals surface area contributed by atoms with Gasteiger partial charge >= 0.3 is 0 Å². The Morgan fingerprint density at radius 1 is 0.293 bits per heavy atom. The van der Waals surface area contributed by atoms with Gasteiger partial charge in [0, 0.05) is 106 Å². The van der Waals surface area contributed by atoms with Crippen LogP contribution in [0.4, 0.5) is 13.2 Å². The molecule has 150 heavy (non-hydrogen) atoms. The Morgan fingerprint density at radius 3 is 0.747 bits per heavy atom. The van der Waals surface area contributed by atoms with Gasteiger partial charge in [-0.2, -0.15) is 0 Å². The van der Waals surface area contributed by atoms with Crippen LogP contribution in [0.25, 0.3) is 0 Å². The number of carbonyl (C=O) groups is 16. The van der Waals surface area contributed by atoms with Crippen LogP contribution in [-0.2, 0) is 28.8 Å². The maximum absolute atomic E-state index is 13.3. The number of aliphatic hydroxyl groups is 1. The van der Waals surface area contributed by atoms with Crippen molar-refractivity contribution < 1.29 is 95.0 Å². The number of β-amino-alcohol motifs (C(OH)–C–C–N with tert-alkyl or cyclic N) is 1. The monoisotopic (exact) mass is 2410 g/mol. The van der Waals surface area contributed by atoms with Crippen LogP contribution in [0.5, 0.6) is 0 Å². The average molecular weight is 2420 g/mol. The number of carbonyl (C=O) groups excluding carboxylic acids is 16. The van der Waals surface area contributed by atoms with Crippen LogP contribution >= 0.6 is 195 Å². The molecule has 0 bridgehead atoms. The first kappa shape index (κ1) is 136. The van der Waals surface area contributed by atoms with E-state index in [-0.39, 0.29) is 131 Å². The maximum Gasteiger partial charge on any atom is 0.264 e. The number of amides is 16. The van der Waals surface area contributed by atoms with Gasteiger partial charge in [-0.05, 0) is 219 Å². The summed E-state index contributed by atoms with van der Waals surface area (Å²) in [5.74, 6) is -6.79. The van der Waals surface area contributed by atoms with Gasteiger partial charge in [-0.15, -0.1) is 113 Å². The van der Waals surface area contributed by atoms with E-state index in [2.05, 4.69) is 90.0 Å². The SMILES string of the molecule is CNC(=O)CCNC(=O)c1scc(C)c1Cl.CNC(=O)CNC(=O)c1scc(C)c1Cl.CNC(=O)CNC(=O)c1scc(C)c1F.CNCCCNC(=O)c1scc(C)c1Cl.CNCCNC(=O)c1scc(C)c1Cl.CNCCNC(=O)c1scc(C)c1F.Cc1csc(C(=O)NCC(N)=O)c1Cl.Cc1csc(C(=O)NCC(N)=O)c1F.Cc1csc(C(=O)NCCC(N)=O)c1Cl.Cc1csc(C(=O)NCCN2CCC(O)C2)c1Cl. The van der Waals surface area contributed by atoms with Gasteiger partial charge in [-0.3, -0.25) is 81.6 Å². The molecule has 23 N–H and O–H groups in total. The molecule has 1 fully saturated rings. The molecular formula is C93H122Cl7F3N20O17S10. The molecule has 826 valence electrons. The maximum atomic E-state index is 13.3. The van der Waals surface area contributed by atoms with Crippen molar-refractivity contribution in [3.63, 3.8) is 0 Å². The molecule has 37 nitrogen and oxygen atoms in total. The highest BCUT2D eigenvalue weighted by Gasteiger charge is 2.26. The largest absolute Gasteiger partial charge is 0.392 e. The lowest BCUT2D eigenvalue weighted by Crippen LogP contribution is -2.35. The van der Waals surface area contributed by atoms with Crippen molar-refractivity contribution in [2.24, 2.45) is 17.2 Å². The predicted molar refractivity (Wildman–Crippen MR) is 601 cm³/mol. The van der Waals surface area contributed by atoms with Crippen molar-refractivity contribution in [2.45, 2.75) is 101 Å². The highest BCUT2D eigenvalue weighted by molar-refractivity contribution is 7.16. The molecule has 16 amide bonds. The number of primary amides is 3. The summed E-state index contributed by atoms with van der Waals surface area (Å²) in [4.78, 5) is 185. The number of likely N-dealkylation sites (N-methyl/N-ethyl adjacent to an activating group) is 4. The summed E-state index contributed by atoms with van der Waals surface area (Å²) in [6, 6.07) is 0. The zero-order chi connectivity index (χ0) is 113. The minimum absolute atomic E-state index is 0.0106. The molecule has 1 aliphatic heterocycles. The van der Waals surface area contributed by atoms with E-state index in [9.17, 15) is 95.0 Å². The Balaban J connectivity index is 0.000000564. The van der Waals surface area contributed by atoms with E-state index in [1.807, 2.05) is 89.5 Å². The number of halogens is 10. The van der Waals surface area contributed by atoms with Crippen LogP contribution in [0, 0.1) is 86.7 Å². The fraction of sp³-hybridized carbons (Fsp3) is 0.398. The number of hydrogen-bond acceptors (Lipinski definition) is 31. The third-order valence-corrected chi connectivity index (χ3v) is 34.1. The van der Waals surface area contributed by atoms with Gasteiger partial charge in [-0.25, -0.2) is 13.2 Å².